The second-order valence-corrected chi connectivity index (χ2v) is 25.6. The molecule has 492 valence electrons. The van der Waals surface area contributed by atoms with Crippen molar-refractivity contribution >= 4 is 77.3 Å². The average Bonchev–Trinajstić information content (AvgIpc) is 3.75. The largest absolute Gasteiger partial charge is 0.476 e. The van der Waals surface area contributed by atoms with Gasteiger partial charge in [0.25, 0.3) is 5.91 Å². The number of halogens is 1. The van der Waals surface area contributed by atoms with Gasteiger partial charge in [0.1, 0.15) is 29.0 Å². The van der Waals surface area contributed by atoms with Gasteiger partial charge in [0.15, 0.2) is 11.4 Å². The van der Waals surface area contributed by atoms with Gasteiger partial charge in [-0.05, 0) is 132 Å². The second-order valence-electron chi connectivity index (χ2n) is 22.1. The molecular formula is C64H89ClN16O6S4. The van der Waals surface area contributed by atoms with Gasteiger partial charge in [-0.3, -0.25) is 19.7 Å². The molecule has 27 heteroatoms. The number of amides is 1. The van der Waals surface area contributed by atoms with Crippen LogP contribution in [0.25, 0.3) is 0 Å². The van der Waals surface area contributed by atoms with Gasteiger partial charge in [-0.2, -0.15) is 0 Å². The van der Waals surface area contributed by atoms with E-state index in [-0.39, 0.29) is 35.8 Å². The maximum Gasteiger partial charge on any atom is 0.358 e. The number of nitrogens with two attached hydrogens (primary N) is 1. The number of thioether (sulfide) groups is 4. The molecule has 1 aliphatic heterocycles. The Labute approximate surface area is 559 Å². The van der Waals surface area contributed by atoms with E-state index in [1.807, 2.05) is 74.6 Å². The zero-order valence-corrected chi connectivity index (χ0v) is 57.8. The van der Waals surface area contributed by atoms with Crippen LogP contribution in [0.3, 0.4) is 0 Å². The Morgan fingerprint density at radius 3 is 1.03 bits per heavy atom. The van der Waals surface area contributed by atoms with Crippen molar-refractivity contribution in [1.82, 2.24) is 74.7 Å². The third-order valence-electron chi connectivity index (χ3n) is 14.9. The summed E-state index contributed by atoms with van der Waals surface area (Å²) in [6, 6.07) is 0. The first-order chi connectivity index (χ1) is 43.5. The zero-order valence-electron chi connectivity index (χ0n) is 53.8. The number of nitrogens with zero attached hydrogens (tertiary/aromatic N) is 15. The molecule has 1 fully saturated rings. The number of aryl methyl sites for hydroxylation is 7. The number of hydrogen-bond acceptors (Lipinski definition) is 24. The minimum atomic E-state index is -1.05. The quantitative estimate of drug-likeness (QED) is 0.0290. The molecule has 4 atom stereocenters. The van der Waals surface area contributed by atoms with E-state index in [1.54, 1.807) is 76.7 Å². The molecule has 4 unspecified atom stereocenters. The molecule has 8 heterocycles. The number of hydrogen-bond donors (Lipinski definition) is 3. The Morgan fingerprint density at radius 1 is 0.462 bits per heavy atom. The van der Waals surface area contributed by atoms with Crippen molar-refractivity contribution in [3.05, 3.63) is 144 Å². The van der Waals surface area contributed by atoms with Crippen molar-refractivity contribution in [1.29, 1.82) is 0 Å². The fourth-order valence-corrected chi connectivity index (χ4v) is 9.92. The van der Waals surface area contributed by atoms with Gasteiger partial charge >= 0.3 is 11.9 Å². The number of aromatic nitrogens is 14. The number of aromatic carboxylic acids is 1. The van der Waals surface area contributed by atoms with E-state index < -0.39 is 11.9 Å². The van der Waals surface area contributed by atoms with Crippen LogP contribution in [-0.2, 0) is 49.7 Å². The third kappa shape index (κ3) is 29.8. The molecule has 0 bridgehead atoms. The van der Waals surface area contributed by atoms with Crippen LogP contribution in [0.4, 0.5) is 0 Å². The van der Waals surface area contributed by atoms with Crippen LogP contribution in [0.15, 0.2) is 106 Å². The predicted octanol–water partition coefficient (Wildman–Crippen LogP) is 10.8. The number of methoxy groups -OCH3 is 1. The maximum absolute atomic E-state index is 12.5. The van der Waals surface area contributed by atoms with Crippen LogP contribution in [0.2, 0.25) is 0 Å². The lowest BCUT2D eigenvalue weighted by atomic mass is 9.98. The summed E-state index contributed by atoms with van der Waals surface area (Å²) < 4.78 is 4.61. The van der Waals surface area contributed by atoms with E-state index in [1.165, 1.54) is 19.5 Å². The van der Waals surface area contributed by atoms with Crippen LogP contribution in [0.1, 0.15) is 157 Å². The smallest absolute Gasteiger partial charge is 0.358 e. The van der Waals surface area contributed by atoms with E-state index in [4.69, 9.17) is 10.8 Å². The van der Waals surface area contributed by atoms with Crippen molar-refractivity contribution in [3.63, 3.8) is 0 Å². The summed E-state index contributed by atoms with van der Waals surface area (Å²) in [7, 11) is 1.33. The number of piperidine rings is 1. The number of aliphatic hydroxyl groups excluding tert-OH is 1. The highest BCUT2D eigenvalue weighted by Gasteiger charge is 2.23. The van der Waals surface area contributed by atoms with E-state index in [0.29, 0.717) is 55.3 Å². The van der Waals surface area contributed by atoms with Crippen LogP contribution in [0.5, 0.6) is 0 Å². The first-order valence-corrected chi connectivity index (χ1v) is 35.2. The molecule has 7 aromatic rings. The summed E-state index contributed by atoms with van der Waals surface area (Å²) in [5.74, 6) is 4.10. The van der Waals surface area contributed by atoms with Crippen LogP contribution in [-0.4, -0.2) is 161 Å². The Balaban J connectivity index is 0.000000265. The number of carboxylic acids is 1. The summed E-state index contributed by atoms with van der Waals surface area (Å²) in [5.41, 5.74) is 8.74. The fraction of sp³-hybridized carbons (Fsp3) is 0.516. The summed E-state index contributed by atoms with van der Waals surface area (Å²) in [6.07, 6.45) is 46.4. The van der Waals surface area contributed by atoms with Crippen molar-refractivity contribution < 1.29 is 29.3 Å². The van der Waals surface area contributed by atoms with Gasteiger partial charge in [-0.25, -0.2) is 64.4 Å². The molecule has 0 aromatic carbocycles. The molecule has 1 amide bonds. The van der Waals surface area contributed by atoms with Crippen LogP contribution in [0, 0.1) is 23.7 Å². The standard InChI is InChI=1S/C21H29N5O2S.C17H22N4O2S.C16H20N4O2S.C10H17N3S.ClH/c1-15(4-6-20-24-12-18(29-2)13-25-20)3-5-16-11-23-19(14-22-16)21(28)26-9-7-17(27)8-10-26;1-12(5-7-16-20-9-14(24-3)10-21-16)4-6-13-8-19-15(11-18-13)17(22)23-2;1-11(4-6-15-19-8-13(23-2)9-20-15)3-5-12-7-18-14(10-17-12)16(21)22;1-8(5-11)3-4-10-12-6-9(14-2)7-13-10;/h11-15,17,27H,3-10H2,1-2H3;8-12H,4-7H2,1-3H3;7-11H,3-6H2,1-2H3,(H,21,22);6-8H,3-5,11H2,1-2H3;1H. The molecule has 8 rings (SSSR count). The van der Waals surface area contributed by atoms with Crippen LogP contribution >= 0.6 is 59.5 Å². The van der Waals surface area contributed by atoms with Gasteiger partial charge in [-0.15, -0.1) is 59.5 Å². The number of carbonyl (C=O) groups excluding carboxylic acids is 2. The molecule has 0 saturated carbocycles. The van der Waals surface area contributed by atoms with E-state index in [9.17, 15) is 19.5 Å². The predicted molar refractivity (Wildman–Crippen MR) is 362 cm³/mol. The molecule has 1 saturated heterocycles. The second kappa shape index (κ2) is 43.4. The fourth-order valence-electron chi connectivity index (χ4n) is 8.66. The van der Waals surface area contributed by atoms with Crippen molar-refractivity contribution in [2.45, 2.75) is 156 Å². The molecule has 0 spiro atoms. The number of carboxylic acid groups (broad SMARTS) is 1. The highest BCUT2D eigenvalue weighted by molar-refractivity contribution is 7.99. The summed E-state index contributed by atoms with van der Waals surface area (Å²) >= 11 is 6.59. The number of likely N-dealkylation sites (tertiary alicyclic amines) is 1. The number of esters is 1. The number of ether oxygens (including phenoxy) is 1. The summed E-state index contributed by atoms with van der Waals surface area (Å²) in [5, 5.41) is 18.4. The van der Waals surface area contributed by atoms with E-state index in [0.717, 1.165) is 156 Å². The normalized spacial score (nSPS) is 13.3. The Kier molecular flexibility index (Phi) is 36.7. The lowest BCUT2D eigenvalue weighted by Gasteiger charge is -2.29. The molecular weight excluding hydrogens is 1250 g/mol. The van der Waals surface area contributed by atoms with Crippen molar-refractivity contribution in [2.75, 3.05) is 51.8 Å². The number of rotatable bonds is 29. The Bertz CT molecular complexity index is 3150. The molecule has 91 heavy (non-hydrogen) atoms. The summed E-state index contributed by atoms with van der Waals surface area (Å²) in [6.45, 7) is 10.7. The number of carbonyl (C=O) groups is 3. The highest BCUT2D eigenvalue weighted by Crippen LogP contribution is 2.20. The summed E-state index contributed by atoms with van der Waals surface area (Å²) in [4.78, 5) is 101. The topological polar surface area (TPSA) is 311 Å². The first-order valence-electron chi connectivity index (χ1n) is 30.3. The van der Waals surface area contributed by atoms with Gasteiger partial charge in [0.2, 0.25) is 0 Å². The maximum atomic E-state index is 12.5. The molecule has 0 radical (unpaired) electrons. The average molecular weight is 1340 g/mol. The molecule has 0 aliphatic carbocycles. The van der Waals surface area contributed by atoms with Gasteiger partial charge in [-0.1, -0.05) is 27.7 Å². The lowest BCUT2D eigenvalue weighted by molar-refractivity contribution is 0.0539. The molecule has 7 aromatic heterocycles. The third-order valence-corrected chi connectivity index (χ3v) is 17.6. The van der Waals surface area contributed by atoms with Crippen LogP contribution < -0.4 is 5.73 Å². The Morgan fingerprint density at radius 2 is 0.758 bits per heavy atom. The highest BCUT2D eigenvalue weighted by atomic mass is 35.5. The zero-order chi connectivity index (χ0) is 65.0. The molecule has 1 aliphatic rings. The van der Waals surface area contributed by atoms with Crippen molar-refractivity contribution in [2.24, 2.45) is 29.4 Å². The minimum absolute atomic E-state index is 0. The Hall–Kier alpha value is -6.42. The van der Waals surface area contributed by atoms with Gasteiger partial charge in [0, 0.05) is 127 Å². The van der Waals surface area contributed by atoms with Gasteiger partial charge in [0.05, 0.1) is 48.9 Å². The minimum Gasteiger partial charge on any atom is -0.476 e. The monoisotopic (exact) mass is 1340 g/mol. The van der Waals surface area contributed by atoms with Gasteiger partial charge < -0.3 is 25.6 Å². The first kappa shape index (κ1) is 77.0. The van der Waals surface area contributed by atoms with E-state index >= 15 is 0 Å². The molecule has 4 N–H and O–H groups in total. The molecule has 22 nitrogen and oxygen atoms in total. The SMILES string of the molecule is COC(=O)c1cnc(CCC(C)CCc2ncc(SC)cn2)cn1.CSc1cnc(CCC(C)CCc2cnc(C(=O)N3CCC(O)CC3)cn2)nc1.CSc1cnc(CCC(C)CCc2cnc(C(=O)O)cn2)nc1.CSc1cnc(CCC(C)CN)nc1.Cl. The van der Waals surface area contributed by atoms with E-state index in [2.05, 4.69) is 102 Å². The van der Waals surface area contributed by atoms with Crippen molar-refractivity contribution in [3.8, 4) is 0 Å². The number of aliphatic hydroxyl groups is 1. The lowest BCUT2D eigenvalue weighted by Crippen LogP contribution is -2.40.